The molecule has 0 aliphatic rings. The molecule has 3 aromatic carbocycles. The molecule has 0 saturated heterocycles. The summed E-state index contributed by atoms with van der Waals surface area (Å²) in [5.74, 6) is -0.416. The molecule has 0 saturated carbocycles. The van der Waals surface area contributed by atoms with Gasteiger partial charge in [0.1, 0.15) is 17.1 Å². The molecular formula is C26H18N2O5. The summed E-state index contributed by atoms with van der Waals surface area (Å²) in [5, 5.41) is 16.2. The molecule has 1 amide bonds. The number of amides is 1. The van der Waals surface area contributed by atoms with E-state index in [-0.39, 0.29) is 11.3 Å². The van der Waals surface area contributed by atoms with E-state index in [1.54, 1.807) is 43.3 Å². The molecule has 7 nitrogen and oxygen atoms in total. The Bertz CT molecular complexity index is 1560. The van der Waals surface area contributed by atoms with E-state index in [0.29, 0.717) is 28.2 Å². The summed E-state index contributed by atoms with van der Waals surface area (Å²) in [6.45, 7) is 1.73. The molecule has 0 aliphatic carbocycles. The van der Waals surface area contributed by atoms with E-state index in [9.17, 15) is 14.7 Å². The Labute approximate surface area is 187 Å². The molecule has 162 valence electrons. The number of benzene rings is 3. The summed E-state index contributed by atoms with van der Waals surface area (Å²) in [6, 6.07) is 21.8. The van der Waals surface area contributed by atoms with Gasteiger partial charge in [0.25, 0.3) is 0 Å². The number of carbonyl (C=O) groups is 2. The Kier molecular flexibility index (Phi) is 4.99. The SMILES string of the molecule is Cc1c(C(=O)O)cccc1-c1ccc(/C=N\NC(=O)c2cc3c(ccc4ccccc43)o2)o1. The maximum Gasteiger partial charge on any atom is 0.335 e. The third kappa shape index (κ3) is 3.76. The van der Waals surface area contributed by atoms with Gasteiger partial charge < -0.3 is 13.9 Å². The summed E-state index contributed by atoms with van der Waals surface area (Å²) in [5.41, 5.74) is 4.55. The van der Waals surface area contributed by atoms with Crippen molar-refractivity contribution in [3.8, 4) is 11.3 Å². The second kappa shape index (κ2) is 8.12. The number of hydrazone groups is 1. The minimum atomic E-state index is -0.996. The Morgan fingerprint density at radius 1 is 0.939 bits per heavy atom. The van der Waals surface area contributed by atoms with Gasteiger partial charge in [-0.15, -0.1) is 0 Å². The van der Waals surface area contributed by atoms with Gasteiger partial charge in [0, 0.05) is 10.9 Å². The van der Waals surface area contributed by atoms with Crippen LogP contribution in [0.15, 0.2) is 86.7 Å². The first-order valence-electron chi connectivity index (χ1n) is 10.2. The van der Waals surface area contributed by atoms with Gasteiger partial charge in [0.15, 0.2) is 5.76 Å². The highest BCUT2D eigenvalue weighted by Gasteiger charge is 2.15. The molecule has 2 heterocycles. The minimum Gasteiger partial charge on any atom is -0.478 e. The lowest BCUT2D eigenvalue weighted by Gasteiger charge is -2.05. The number of aromatic carboxylic acids is 1. The van der Waals surface area contributed by atoms with Gasteiger partial charge in [-0.2, -0.15) is 5.10 Å². The van der Waals surface area contributed by atoms with Crippen LogP contribution in [-0.2, 0) is 0 Å². The third-order valence-corrected chi connectivity index (χ3v) is 5.46. The van der Waals surface area contributed by atoms with Crippen LogP contribution in [0.1, 0.15) is 32.2 Å². The van der Waals surface area contributed by atoms with E-state index >= 15 is 0 Å². The first kappa shape index (κ1) is 20.3. The standard InChI is InChI=1S/C26H18N2O5/c1-15-18(7-4-8-19(15)26(30)31)22-12-10-17(32-22)14-27-28-25(29)24-13-21-20-6-3-2-5-16(20)9-11-23(21)33-24/h2-14H,1H3,(H,28,29)(H,30,31)/b27-14-. The van der Waals surface area contributed by atoms with Crippen molar-refractivity contribution in [2.24, 2.45) is 5.10 Å². The van der Waals surface area contributed by atoms with Crippen LogP contribution < -0.4 is 5.43 Å². The van der Waals surface area contributed by atoms with E-state index in [1.807, 2.05) is 36.4 Å². The zero-order valence-electron chi connectivity index (χ0n) is 17.5. The predicted octanol–water partition coefficient (Wildman–Crippen LogP) is 5.62. The molecule has 7 heteroatoms. The zero-order valence-corrected chi connectivity index (χ0v) is 17.5. The van der Waals surface area contributed by atoms with Crippen LogP contribution in [0, 0.1) is 6.92 Å². The highest BCUT2D eigenvalue weighted by molar-refractivity contribution is 6.08. The van der Waals surface area contributed by atoms with Gasteiger partial charge in [-0.25, -0.2) is 10.2 Å². The Morgan fingerprint density at radius 3 is 2.64 bits per heavy atom. The van der Waals surface area contributed by atoms with Gasteiger partial charge in [-0.3, -0.25) is 4.79 Å². The van der Waals surface area contributed by atoms with Crippen LogP contribution in [-0.4, -0.2) is 23.2 Å². The van der Waals surface area contributed by atoms with Crippen molar-refractivity contribution >= 4 is 39.8 Å². The second-order valence-electron chi connectivity index (χ2n) is 7.49. The van der Waals surface area contributed by atoms with Gasteiger partial charge in [-0.05, 0) is 53.6 Å². The summed E-state index contributed by atoms with van der Waals surface area (Å²) in [6.07, 6.45) is 1.37. The van der Waals surface area contributed by atoms with Crippen molar-refractivity contribution < 1.29 is 23.5 Å². The third-order valence-electron chi connectivity index (χ3n) is 5.46. The molecule has 2 aromatic heterocycles. The van der Waals surface area contributed by atoms with Gasteiger partial charge >= 0.3 is 11.9 Å². The van der Waals surface area contributed by atoms with Crippen molar-refractivity contribution in [2.75, 3.05) is 0 Å². The minimum absolute atomic E-state index is 0.153. The zero-order chi connectivity index (χ0) is 22.9. The Balaban J connectivity index is 1.33. The number of hydrogen-bond acceptors (Lipinski definition) is 5. The molecule has 33 heavy (non-hydrogen) atoms. The molecule has 0 radical (unpaired) electrons. The summed E-state index contributed by atoms with van der Waals surface area (Å²) >= 11 is 0. The summed E-state index contributed by atoms with van der Waals surface area (Å²) in [4.78, 5) is 23.9. The lowest BCUT2D eigenvalue weighted by atomic mass is 10.0. The quantitative estimate of drug-likeness (QED) is 0.274. The number of rotatable bonds is 5. The molecule has 5 rings (SSSR count). The number of furan rings is 2. The van der Waals surface area contributed by atoms with Crippen LogP contribution in [0.2, 0.25) is 0 Å². The van der Waals surface area contributed by atoms with Crippen molar-refractivity contribution in [3.05, 3.63) is 95.4 Å². The maximum atomic E-state index is 12.5. The first-order valence-corrected chi connectivity index (χ1v) is 10.2. The number of fused-ring (bicyclic) bond motifs is 3. The number of carbonyl (C=O) groups excluding carboxylic acids is 1. The molecule has 0 bridgehead atoms. The smallest absolute Gasteiger partial charge is 0.335 e. The van der Waals surface area contributed by atoms with Gasteiger partial charge in [0.05, 0.1) is 11.8 Å². The Hall–Kier alpha value is -4.65. The molecule has 0 atom stereocenters. The van der Waals surface area contributed by atoms with Gasteiger partial charge in [0.2, 0.25) is 0 Å². The predicted molar refractivity (Wildman–Crippen MR) is 125 cm³/mol. The lowest BCUT2D eigenvalue weighted by molar-refractivity contribution is 0.0696. The van der Waals surface area contributed by atoms with Crippen LogP contribution in [0.5, 0.6) is 0 Å². The number of carboxylic acid groups (broad SMARTS) is 1. The number of nitrogens with one attached hydrogen (secondary N) is 1. The summed E-state index contributed by atoms with van der Waals surface area (Å²) < 4.78 is 11.4. The monoisotopic (exact) mass is 438 g/mol. The van der Waals surface area contributed by atoms with E-state index in [4.69, 9.17) is 8.83 Å². The first-order chi connectivity index (χ1) is 16.0. The lowest BCUT2D eigenvalue weighted by Crippen LogP contribution is -2.16. The summed E-state index contributed by atoms with van der Waals surface area (Å²) in [7, 11) is 0. The fourth-order valence-corrected chi connectivity index (χ4v) is 3.82. The highest BCUT2D eigenvalue weighted by atomic mass is 16.4. The van der Waals surface area contributed by atoms with E-state index in [1.165, 1.54) is 6.21 Å². The fourth-order valence-electron chi connectivity index (χ4n) is 3.82. The average Bonchev–Trinajstić information content (AvgIpc) is 3.46. The number of carboxylic acids is 1. The molecule has 0 aliphatic heterocycles. The van der Waals surface area contributed by atoms with Crippen molar-refractivity contribution in [2.45, 2.75) is 6.92 Å². The molecule has 5 aromatic rings. The molecular weight excluding hydrogens is 420 g/mol. The molecule has 0 unspecified atom stereocenters. The Morgan fingerprint density at radius 2 is 1.79 bits per heavy atom. The fraction of sp³-hybridized carbons (Fsp3) is 0.0385. The molecule has 2 N–H and O–H groups in total. The van der Waals surface area contributed by atoms with Crippen LogP contribution in [0.25, 0.3) is 33.1 Å². The topological polar surface area (TPSA) is 105 Å². The van der Waals surface area contributed by atoms with Crippen molar-refractivity contribution in [1.29, 1.82) is 0 Å². The normalized spacial score (nSPS) is 11.4. The van der Waals surface area contributed by atoms with Gasteiger partial charge in [-0.1, -0.05) is 42.5 Å². The number of hydrogen-bond donors (Lipinski definition) is 2. The van der Waals surface area contributed by atoms with Crippen molar-refractivity contribution in [3.63, 3.8) is 0 Å². The molecule has 0 spiro atoms. The highest BCUT2D eigenvalue weighted by Crippen LogP contribution is 2.29. The van der Waals surface area contributed by atoms with Crippen LogP contribution in [0.3, 0.4) is 0 Å². The largest absolute Gasteiger partial charge is 0.478 e. The van der Waals surface area contributed by atoms with E-state index in [2.05, 4.69) is 10.5 Å². The van der Waals surface area contributed by atoms with E-state index < -0.39 is 11.9 Å². The van der Waals surface area contributed by atoms with E-state index in [0.717, 1.165) is 16.2 Å². The van der Waals surface area contributed by atoms with Crippen LogP contribution >= 0.6 is 0 Å². The maximum absolute atomic E-state index is 12.5. The van der Waals surface area contributed by atoms with Crippen molar-refractivity contribution in [1.82, 2.24) is 5.43 Å². The molecule has 0 fully saturated rings. The second-order valence-corrected chi connectivity index (χ2v) is 7.49. The van der Waals surface area contributed by atoms with Crippen LogP contribution in [0.4, 0.5) is 0 Å². The number of nitrogens with zero attached hydrogens (tertiary/aromatic N) is 1. The average molecular weight is 438 g/mol.